The Bertz CT molecular complexity index is 443. The molecule has 19 heavy (non-hydrogen) atoms. The minimum absolute atomic E-state index is 0.473. The molecule has 2 N–H and O–H groups in total. The van der Waals surface area contributed by atoms with Crippen LogP contribution in [0.1, 0.15) is 38.5 Å². The van der Waals surface area contributed by atoms with Crippen molar-refractivity contribution in [1.82, 2.24) is 5.32 Å². The van der Waals surface area contributed by atoms with E-state index in [1.54, 1.807) is 18.2 Å². The Morgan fingerprint density at radius 2 is 1.79 bits per heavy atom. The summed E-state index contributed by atoms with van der Waals surface area (Å²) in [5.74, 6) is 0. The third-order valence-corrected chi connectivity index (χ3v) is 4.15. The Hall–Kier alpha value is -0.510. The normalized spacial score (nSPS) is 16.7. The number of nitrogens with one attached hydrogen (secondary N) is 2. The van der Waals surface area contributed by atoms with E-state index in [-0.39, 0.29) is 0 Å². The van der Waals surface area contributed by atoms with Crippen molar-refractivity contribution in [3.05, 3.63) is 28.2 Å². The highest BCUT2D eigenvalue weighted by molar-refractivity contribution is 7.80. The van der Waals surface area contributed by atoms with E-state index in [4.69, 9.17) is 35.4 Å². The molecule has 1 aromatic rings. The Morgan fingerprint density at radius 3 is 2.47 bits per heavy atom. The van der Waals surface area contributed by atoms with Crippen molar-refractivity contribution in [2.45, 2.75) is 44.6 Å². The quantitative estimate of drug-likeness (QED) is 0.593. The lowest BCUT2D eigenvalue weighted by Gasteiger charge is -2.19. The van der Waals surface area contributed by atoms with Gasteiger partial charge >= 0.3 is 0 Å². The van der Waals surface area contributed by atoms with Crippen molar-refractivity contribution in [3.63, 3.8) is 0 Å². The molecule has 0 unspecified atom stereocenters. The van der Waals surface area contributed by atoms with Gasteiger partial charge in [-0.15, -0.1) is 0 Å². The molecule has 1 aromatic carbocycles. The predicted octanol–water partition coefficient (Wildman–Crippen LogP) is 5.00. The van der Waals surface area contributed by atoms with E-state index < -0.39 is 0 Å². The molecule has 1 aliphatic carbocycles. The van der Waals surface area contributed by atoms with Crippen molar-refractivity contribution in [1.29, 1.82) is 0 Å². The molecule has 104 valence electrons. The fourth-order valence-corrected chi connectivity index (χ4v) is 2.97. The van der Waals surface area contributed by atoms with Gasteiger partial charge in [0.15, 0.2) is 5.11 Å². The van der Waals surface area contributed by atoms with Crippen LogP contribution in [-0.2, 0) is 0 Å². The second-order valence-electron chi connectivity index (χ2n) is 4.91. The fourth-order valence-electron chi connectivity index (χ4n) is 2.36. The molecule has 0 saturated heterocycles. The van der Waals surface area contributed by atoms with Crippen LogP contribution in [0, 0.1) is 0 Å². The molecule has 2 nitrogen and oxygen atoms in total. The van der Waals surface area contributed by atoms with E-state index in [2.05, 4.69) is 10.6 Å². The van der Waals surface area contributed by atoms with Crippen LogP contribution in [-0.4, -0.2) is 11.2 Å². The molecular weight excluding hydrogens is 299 g/mol. The minimum Gasteiger partial charge on any atom is -0.360 e. The van der Waals surface area contributed by atoms with Gasteiger partial charge in [-0.25, -0.2) is 0 Å². The van der Waals surface area contributed by atoms with Crippen LogP contribution in [0.2, 0.25) is 10.0 Å². The van der Waals surface area contributed by atoms with Crippen molar-refractivity contribution >= 4 is 46.2 Å². The lowest BCUT2D eigenvalue weighted by molar-refractivity contribution is 0.535. The second kappa shape index (κ2) is 7.32. The molecule has 5 heteroatoms. The molecule has 0 aliphatic heterocycles. The summed E-state index contributed by atoms with van der Waals surface area (Å²) in [6.07, 6.45) is 7.59. The van der Waals surface area contributed by atoms with Crippen LogP contribution in [0.5, 0.6) is 0 Å². The minimum atomic E-state index is 0.473. The number of hydrogen-bond donors (Lipinski definition) is 2. The highest BCUT2D eigenvalue weighted by Crippen LogP contribution is 2.25. The maximum atomic E-state index is 6.10. The summed E-state index contributed by atoms with van der Waals surface area (Å²) >= 11 is 17.4. The van der Waals surface area contributed by atoms with Crippen LogP contribution in [0.4, 0.5) is 5.69 Å². The third kappa shape index (κ3) is 4.83. The maximum Gasteiger partial charge on any atom is 0.171 e. The number of anilines is 1. The molecule has 1 aliphatic rings. The number of rotatable bonds is 2. The van der Waals surface area contributed by atoms with Crippen LogP contribution in [0.25, 0.3) is 0 Å². The molecule has 0 heterocycles. The first-order chi connectivity index (χ1) is 9.15. The van der Waals surface area contributed by atoms with Gasteiger partial charge in [0.05, 0.1) is 10.7 Å². The van der Waals surface area contributed by atoms with Crippen LogP contribution < -0.4 is 10.6 Å². The summed E-state index contributed by atoms with van der Waals surface area (Å²) in [4.78, 5) is 0. The predicted molar refractivity (Wildman–Crippen MR) is 87.3 cm³/mol. The first-order valence-corrected chi connectivity index (χ1v) is 7.84. The highest BCUT2D eigenvalue weighted by Gasteiger charge is 2.13. The Morgan fingerprint density at radius 1 is 1.11 bits per heavy atom. The summed E-state index contributed by atoms with van der Waals surface area (Å²) in [6.45, 7) is 0. The lowest BCUT2D eigenvalue weighted by Crippen LogP contribution is -2.37. The van der Waals surface area contributed by atoms with Crippen molar-refractivity contribution in [2.75, 3.05) is 5.32 Å². The van der Waals surface area contributed by atoms with E-state index in [0.717, 1.165) is 5.69 Å². The summed E-state index contributed by atoms with van der Waals surface area (Å²) in [7, 11) is 0. The summed E-state index contributed by atoms with van der Waals surface area (Å²) in [5.41, 5.74) is 0.750. The molecule has 0 radical (unpaired) electrons. The van der Waals surface area contributed by atoms with Crippen LogP contribution in [0.3, 0.4) is 0 Å². The zero-order valence-corrected chi connectivity index (χ0v) is 13.0. The monoisotopic (exact) mass is 316 g/mol. The van der Waals surface area contributed by atoms with Gasteiger partial charge in [0.25, 0.3) is 0 Å². The molecule has 1 fully saturated rings. The van der Waals surface area contributed by atoms with E-state index in [0.29, 0.717) is 21.2 Å². The van der Waals surface area contributed by atoms with E-state index in [1.165, 1.54) is 38.5 Å². The van der Waals surface area contributed by atoms with Crippen LogP contribution >= 0.6 is 35.4 Å². The molecule has 0 aromatic heterocycles. The average Bonchev–Trinajstić information content (AvgIpc) is 2.62. The Labute approximate surface area is 129 Å². The summed E-state index contributed by atoms with van der Waals surface area (Å²) in [6, 6.07) is 5.78. The number of hydrogen-bond acceptors (Lipinski definition) is 1. The molecular formula is C14H18Cl2N2S. The summed E-state index contributed by atoms with van der Waals surface area (Å²) in [5, 5.41) is 8.38. The smallest absolute Gasteiger partial charge is 0.171 e. The van der Waals surface area contributed by atoms with Crippen molar-refractivity contribution < 1.29 is 0 Å². The number of halogens is 2. The van der Waals surface area contributed by atoms with Gasteiger partial charge in [-0.2, -0.15) is 0 Å². The third-order valence-electron chi connectivity index (χ3n) is 3.37. The molecule has 0 bridgehead atoms. The Balaban J connectivity index is 1.91. The topological polar surface area (TPSA) is 24.1 Å². The van der Waals surface area contributed by atoms with Gasteiger partial charge in [0.1, 0.15) is 0 Å². The standard InChI is InChI=1S/C14H18Cl2N2S/c15-10-7-8-12(16)13(9-10)18-14(19)17-11-5-3-1-2-4-6-11/h7-9,11H,1-6H2,(H2,17,18,19). The van der Waals surface area contributed by atoms with Gasteiger partial charge in [-0.3, -0.25) is 0 Å². The molecule has 0 amide bonds. The zero-order valence-electron chi connectivity index (χ0n) is 10.7. The lowest BCUT2D eigenvalue weighted by atomic mass is 10.1. The molecule has 2 rings (SSSR count). The molecule has 0 atom stereocenters. The van der Waals surface area contributed by atoms with Gasteiger partial charge in [0, 0.05) is 11.1 Å². The highest BCUT2D eigenvalue weighted by atomic mass is 35.5. The first-order valence-electron chi connectivity index (χ1n) is 6.68. The first kappa shape index (κ1) is 14.9. The van der Waals surface area contributed by atoms with Gasteiger partial charge < -0.3 is 10.6 Å². The zero-order chi connectivity index (χ0) is 13.7. The Kier molecular flexibility index (Phi) is 5.74. The van der Waals surface area contributed by atoms with Gasteiger partial charge in [-0.1, -0.05) is 48.9 Å². The van der Waals surface area contributed by atoms with E-state index >= 15 is 0 Å². The van der Waals surface area contributed by atoms with Crippen LogP contribution in [0.15, 0.2) is 18.2 Å². The van der Waals surface area contributed by atoms with Crippen molar-refractivity contribution in [2.24, 2.45) is 0 Å². The average molecular weight is 317 g/mol. The summed E-state index contributed by atoms with van der Waals surface area (Å²) < 4.78 is 0. The largest absolute Gasteiger partial charge is 0.360 e. The number of benzene rings is 1. The second-order valence-corrected chi connectivity index (χ2v) is 6.16. The van der Waals surface area contributed by atoms with Gasteiger partial charge in [0.2, 0.25) is 0 Å². The molecule has 0 spiro atoms. The SMILES string of the molecule is S=C(Nc1cc(Cl)ccc1Cl)NC1CCCCCC1. The maximum absolute atomic E-state index is 6.10. The van der Waals surface area contributed by atoms with Gasteiger partial charge in [-0.05, 0) is 43.3 Å². The van der Waals surface area contributed by atoms with E-state index in [9.17, 15) is 0 Å². The fraction of sp³-hybridized carbons (Fsp3) is 0.500. The molecule has 1 saturated carbocycles. The number of thiocarbonyl (C=S) groups is 1. The van der Waals surface area contributed by atoms with E-state index in [1.807, 2.05) is 0 Å². The van der Waals surface area contributed by atoms with Crippen molar-refractivity contribution in [3.8, 4) is 0 Å².